The molecular weight excluding hydrogens is 333 g/mol. The monoisotopic (exact) mass is 341 g/mol. The number of ether oxygens (including phenoxy) is 1. The molecule has 0 N–H and O–H groups in total. The molecule has 0 aliphatic rings. The molecule has 0 aliphatic heterocycles. The van der Waals surface area contributed by atoms with Gasteiger partial charge in [-0.15, -0.1) is 0 Å². The van der Waals surface area contributed by atoms with Crippen LogP contribution in [-0.2, 0) is 4.74 Å². The molecular formula is C9H8F11O. The average Bonchev–Trinajstić information content (AvgIpc) is 2.26. The van der Waals surface area contributed by atoms with Crippen LogP contribution in [0.5, 0.6) is 0 Å². The first kappa shape index (κ1) is 20.2. The van der Waals surface area contributed by atoms with E-state index in [-0.39, 0.29) is 6.92 Å². The summed E-state index contributed by atoms with van der Waals surface area (Å²) in [4.78, 5) is 0. The summed E-state index contributed by atoms with van der Waals surface area (Å²) in [7, 11) is 0. The lowest BCUT2D eigenvalue weighted by atomic mass is 9.95. The highest BCUT2D eigenvalue weighted by Gasteiger charge is 2.87. The number of alkyl halides is 11. The smallest absolute Gasteiger partial charge is 0.366 e. The molecule has 12 heteroatoms. The van der Waals surface area contributed by atoms with Crippen molar-refractivity contribution in [1.82, 2.24) is 0 Å². The highest BCUT2D eigenvalue weighted by Crippen LogP contribution is 2.58. The van der Waals surface area contributed by atoms with Crippen molar-refractivity contribution in [2.24, 2.45) is 0 Å². The molecule has 1 radical (unpaired) electrons. The number of halogens is 11. The van der Waals surface area contributed by atoms with E-state index in [9.17, 15) is 48.3 Å². The van der Waals surface area contributed by atoms with Crippen molar-refractivity contribution in [2.75, 3.05) is 0 Å². The first-order valence-corrected chi connectivity index (χ1v) is 4.99. The molecule has 0 spiro atoms. The van der Waals surface area contributed by atoms with Crippen LogP contribution < -0.4 is 0 Å². The van der Waals surface area contributed by atoms with Crippen LogP contribution in [0, 0.1) is 6.61 Å². The minimum absolute atomic E-state index is 0.107. The van der Waals surface area contributed by atoms with Crippen LogP contribution in [0.15, 0.2) is 0 Å². The molecule has 0 fully saturated rings. The van der Waals surface area contributed by atoms with Gasteiger partial charge in [0.15, 0.2) is 0 Å². The van der Waals surface area contributed by atoms with Crippen molar-refractivity contribution in [2.45, 2.75) is 49.8 Å². The molecule has 0 saturated heterocycles. The third-order valence-corrected chi connectivity index (χ3v) is 2.41. The predicted octanol–water partition coefficient (Wildman–Crippen LogP) is 4.68. The standard InChI is InChI=1S/C9H8F11O/c1-3-21-4(2)5(10,11)6(12,13)7(14,15)8(16,17)9(18,19)20/h3-4H,1-2H3. The Morgan fingerprint density at radius 3 is 1.38 bits per heavy atom. The zero-order valence-electron chi connectivity index (χ0n) is 10.2. The maximum Gasteiger partial charge on any atom is 0.460 e. The maximum absolute atomic E-state index is 13.1. The topological polar surface area (TPSA) is 9.23 Å². The molecule has 0 saturated carbocycles. The third kappa shape index (κ3) is 2.90. The van der Waals surface area contributed by atoms with Crippen molar-refractivity contribution in [3.63, 3.8) is 0 Å². The summed E-state index contributed by atoms with van der Waals surface area (Å²) in [6.45, 7) is 1.33. The predicted molar refractivity (Wildman–Crippen MR) is 46.4 cm³/mol. The average molecular weight is 341 g/mol. The summed E-state index contributed by atoms with van der Waals surface area (Å²) in [6.07, 6.45) is -10.2. The van der Waals surface area contributed by atoms with Crippen LogP contribution in [0.25, 0.3) is 0 Å². The van der Waals surface area contributed by atoms with Gasteiger partial charge in [-0.2, -0.15) is 48.3 Å². The Hall–Kier alpha value is -0.810. The first-order valence-electron chi connectivity index (χ1n) is 4.99. The van der Waals surface area contributed by atoms with E-state index >= 15 is 0 Å². The van der Waals surface area contributed by atoms with Gasteiger partial charge in [-0.1, -0.05) is 0 Å². The Morgan fingerprint density at radius 2 is 1.10 bits per heavy atom. The molecule has 0 aromatic carbocycles. The molecule has 0 amide bonds. The highest BCUT2D eigenvalue weighted by atomic mass is 19.4. The van der Waals surface area contributed by atoms with Crippen LogP contribution >= 0.6 is 0 Å². The molecule has 0 aromatic heterocycles. The van der Waals surface area contributed by atoms with Gasteiger partial charge in [0.25, 0.3) is 0 Å². The molecule has 21 heavy (non-hydrogen) atoms. The van der Waals surface area contributed by atoms with Gasteiger partial charge in [-0.25, -0.2) is 0 Å². The molecule has 1 nitrogen and oxygen atoms in total. The lowest BCUT2D eigenvalue weighted by Gasteiger charge is -2.38. The van der Waals surface area contributed by atoms with Crippen LogP contribution in [-0.4, -0.2) is 36.0 Å². The fraction of sp³-hybridized carbons (Fsp3) is 0.889. The van der Waals surface area contributed by atoms with Crippen molar-refractivity contribution < 1.29 is 53.0 Å². The second-order valence-corrected chi connectivity index (χ2v) is 3.86. The second kappa shape index (κ2) is 5.43. The summed E-state index contributed by atoms with van der Waals surface area (Å²) in [5, 5.41) is 0. The van der Waals surface area contributed by atoms with Crippen molar-refractivity contribution >= 4 is 0 Å². The van der Waals surface area contributed by atoms with E-state index in [2.05, 4.69) is 4.74 Å². The van der Waals surface area contributed by atoms with E-state index < -0.39 is 36.0 Å². The van der Waals surface area contributed by atoms with Gasteiger partial charge in [0, 0.05) is 0 Å². The molecule has 1 unspecified atom stereocenters. The van der Waals surface area contributed by atoms with E-state index in [4.69, 9.17) is 0 Å². The Morgan fingerprint density at radius 1 is 0.714 bits per heavy atom. The fourth-order valence-corrected chi connectivity index (χ4v) is 1.13. The molecule has 0 aliphatic carbocycles. The van der Waals surface area contributed by atoms with Gasteiger partial charge in [-0.3, -0.25) is 0 Å². The molecule has 0 heterocycles. The minimum atomic E-state index is -7.40. The van der Waals surface area contributed by atoms with Gasteiger partial charge < -0.3 is 4.74 Å². The van der Waals surface area contributed by atoms with Gasteiger partial charge in [0.2, 0.25) is 0 Å². The first-order chi connectivity index (χ1) is 8.98. The molecule has 0 aromatic rings. The Labute approximate surface area is 111 Å². The summed E-state index contributed by atoms with van der Waals surface area (Å²) in [5.41, 5.74) is 0. The number of rotatable bonds is 6. The normalized spacial score (nSPS) is 17.0. The Balaban J connectivity index is 5.88. The quantitative estimate of drug-likeness (QED) is 0.638. The fourth-order valence-electron chi connectivity index (χ4n) is 1.13. The zero-order chi connectivity index (χ0) is 17.5. The molecule has 127 valence electrons. The number of hydrogen-bond donors (Lipinski definition) is 0. The van der Waals surface area contributed by atoms with Crippen LogP contribution in [0.4, 0.5) is 48.3 Å². The van der Waals surface area contributed by atoms with Crippen molar-refractivity contribution in [3.8, 4) is 0 Å². The van der Waals surface area contributed by atoms with Crippen LogP contribution in [0.1, 0.15) is 13.8 Å². The lowest BCUT2D eigenvalue weighted by molar-refractivity contribution is -0.428. The second-order valence-electron chi connectivity index (χ2n) is 3.86. The molecule has 0 rings (SSSR count). The van der Waals surface area contributed by atoms with Gasteiger partial charge in [-0.05, 0) is 13.8 Å². The van der Waals surface area contributed by atoms with Crippen molar-refractivity contribution in [3.05, 3.63) is 6.61 Å². The van der Waals surface area contributed by atoms with E-state index in [1.54, 1.807) is 0 Å². The highest BCUT2D eigenvalue weighted by molar-refractivity contribution is 5.07. The van der Waals surface area contributed by atoms with E-state index in [1.807, 2.05) is 0 Å². The Kier molecular flexibility index (Phi) is 5.22. The van der Waals surface area contributed by atoms with Crippen LogP contribution in [0.2, 0.25) is 0 Å². The SMILES string of the molecule is C[CH]OC(C)C(F)(F)C(F)(F)C(F)(F)C(F)(F)C(F)(F)F. The van der Waals surface area contributed by atoms with Gasteiger partial charge in [0.1, 0.15) is 6.10 Å². The summed E-state index contributed by atoms with van der Waals surface area (Å²) >= 11 is 0. The maximum atomic E-state index is 13.1. The summed E-state index contributed by atoms with van der Waals surface area (Å²) < 4.78 is 142. The van der Waals surface area contributed by atoms with E-state index in [1.165, 1.54) is 0 Å². The Bertz CT molecular complexity index is 359. The van der Waals surface area contributed by atoms with Crippen molar-refractivity contribution in [1.29, 1.82) is 0 Å². The third-order valence-electron chi connectivity index (χ3n) is 2.41. The van der Waals surface area contributed by atoms with Gasteiger partial charge >= 0.3 is 29.9 Å². The van der Waals surface area contributed by atoms with Crippen LogP contribution in [0.3, 0.4) is 0 Å². The van der Waals surface area contributed by atoms with E-state index in [0.717, 1.165) is 6.92 Å². The molecule has 1 atom stereocenters. The number of hydrogen-bond acceptors (Lipinski definition) is 1. The summed E-state index contributed by atoms with van der Waals surface area (Å²) in [5.74, 6) is -27.8. The largest absolute Gasteiger partial charge is 0.460 e. The lowest BCUT2D eigenvalue weighted by Crippen LogP contribution is -2.68. The minimum Gasteiger partial charge on any atom is -0.366 e. The zero-order valence-corrected chi connectivity index (χ0v) is 10.2. The van der Waals surface area contributed by atoms with Gasteiger partial charge in [0.05, 0.1) is 6.61 Å². The summed E-state index contributed by atoms with van der Waals surface area (Å²) in [6, 6.07) is 0. The molecule has 0 bridgehead atoms. The van der Waals surface area contributed by atoms with E-state index in [0.29, 0.717) is 6.61 Å².